The van der Waals surface area contributed by atoms with Crippen LogP contribution in [-0.4, -0.2) is 30.8 Å². The van der Waals surface area contributed by atoms with Gasteiger partial charge >= 0.3 is 0 Å². The Balaban J connectivity index is 1.40. The van der Waals surface area contributed by atoms with Crippen molar-refractivity contribution in [2.75, 3.05) is 19.8 Å². The minimum Gasteiger partial charge on any atom is -0.490 e. The lowest BCUT2D eigenvalue weighted by atomic mass is 9.95. The standard InChI is InChI=1S/C22H24N2O4S/c1-3-26-17-7-5-14(13-18(17)27-4-2)9-11-23-22(25)20-16-6-8-19-15(10-12-29-19)21(16)28-24-20/h5,7,10,12-13H,3-4,6,8-9,11H2,1-2H3,(H,23,25). The smallest absolute Gasteiger partial charge is 0.273 e. The molecule has 1 aromatic carbocycles. The molecule has 7 heteroatoms. The Morgan fingerprint density at radius 3 is 2.83 bits per heavy atom. The number of thiophene rings is 1. The third-order valence-corrected chi connectivity index (χ3v) is 5.88. The fraction of sp³-hybridized carbons (Fsp3) is 0.364. The lowest BCUT2D eigenvalue weighted by Gasteiger charge is -2.13. The summed E-state index contributed by atoms with van der Waals surface area (Å²) in [4.78, 5) is 13.9. The highest BCUT2D eigenvalue weighted by Gasteiger charge is 2.28. The third kappa shape index (κ3) is 4.00. The van der Waals surface area contributed by atoms with Gasteiger partial charge in [0, 0.05) is 22.5 Å². The van der Waals surface area contributed by atoms with Crippen molar-refractivity contribution in [2.45, 2.75) is 33.1 Å². The number of carbonyl (C=O) groups excluding carboxylic acids is 1. The van der Waals surface area contributed by atoms with E-state index in [0.717, 1.165) is 46.8 Å². The van der Waals surface area contributed by atoms with E-state index < -0.39 is 0 Å². The number of nitrogens with one attached hydrogen (secondary N) is 1. The molecule has 0 saturated heterocycles. The Hall–Kier alpha value is -2.80. The first-order valence-corrected chi connectivity index (χ1v) is 10.8. The van der Waals surface area contributed by atoms with E-state index in [1.807, 2.05) is 38.1 Å². The van der Waals surface area contributed by atoms with Gasteiger partial charge in [-0.3, -0.25) is 4.79 Å². The summed E-state index contributed by atoms with van der Waals surface area (Å²) in [6, 6.07) is 7.91. The van der Waals surface area contributed by atoms with Crippen molar-refractivity contribution >= 4 is 17.2 Å². The summed E-state index contributed by atoms with van der Waals surface area (Å²) in [5, 5.41) is 9.07. The first-order valence-electron chi connectivity index (χ1n) is 9.93. The maximum absolute atomic E-state index is 12.7. The van der Waals surface area contributed by atoms with Gasteiger partial charge in [-0.15, -0.1) is 11.3 Å². The molecule has 1 aliphatic rings. The molecule has 2 aromatic heterocycles. The quantitative estimate of drug-likeness (QED) is 0.598. The Kier molecular flexibility index (Phi) is 5.85. The number of hydrogen-bond acceptors (Lipinski definition) is 6. The molecule has 0 atom stereocenters. The number of amides is 1. The molecule has 0 spiro atoms. The van der Waals surface area contributed by atoms with Crippen LogP contribution in [0.4, 0.5) is 0 Å². The van der Waals surface area contributed by atoms with Crippen molar-refractivity contribution in [2.24, 2.45) is 0 Å². The van der Waals surface area contributed by atoms with Crippen LogP contribution in [0.25, 0.3) is 11.3 Å². The van der Waals surface area contributed by atoms with Crippen LogP contribution in [0.1, 0.15) is 40.3 Å². The van der Waals surface area contributed by atoms with E-state index in [-0.39, 0.29) is 5.91 Å². The Morgan fingerprint density at radius 2 is 2.00 bits per heavy atom. The largest absolute Gasteiger partial charge is 0.490 e. The molecule has 0 aliphatic heterocycles. The second kappa shape index (κ2) is 8.69. The van der Waals surface area contributed by atoms with E-state index in [1.54, 1.807) is 11.3 Å². The molecule has 29 heavy (non-hydrogen) atoms. The van der Waals surface area contributed by atoms with Gasteiger partial charge in [0.25, 0.3) is 5.91 Å². The maximum Gasteiger partial charge on any atom is 0.273 e. The van der Waals surface area contributed by atoms with E-state index in [9.17, 15) is 4.79 Å². The van der Waals surface area contributed by atoms with Crippen molar-refractivity contribution in [3.8, 4) is 22.8 Å². The molecule has 1 N–H and O–H groups in total. The van der Waals surface area contributed by atoms with Gasteiger partial charge in [-0.25, -0.2) is 0 Å². The van der Waals surface area contributed by atoms with Crippen LogP contribution in [0.5, 0.6) is 11.5 Å². The van der Waals surface area contributed by atoms with E-state index in [1.165, 1.54) is 4.88 Å². The molecule has 0 bridgehead atoms. The van der Waals surface area contributed by atoms with Gasteiger partial charge in [0.2, 0.25) is 0 Å². The molecule has 4 rings (SSSR count). The Bertz CT molecular complexity index is 1010. The van der Waals surface area contributed by atoms with Crippen LogP contribution in [0.3, 0.4) is 0 Å². The van der Waals surface area contributed by atoms with Crippen molar-refractivity contribution < 1.29 is 18.8 Å². The Labute approximate surface area is 173 Å². The predicted octanol–water partition coefficient (Wildman–Crippen LogP) is 4.27. The molecule has 152 valence electrons. The highest BCUT2D eigenvalue weighted by Crippen LogP contribution is 2.38. The number of benzene rings is 1. The fourth-order valence-electron chi connectivity index (χ4n) is 3.56. The Morgan fingerprint density at radius 1 is 1.17 bits per heavy atom. The summed E-state index contributed by atoms with van der Waals surface area (Å²) in [6.45, 7) is 5.55. The number of aryl methyl sites for hydroxylation is 1. The van der Waals surface area contributed by atoms with Gasteiger partial charge in [0.05, 0.1) is 13.2 Å². The summed E-state index contributed by atoms with van der Waals surface area (Å²) in [6.07, 6.45) is 2.40. The lowest BCUT2D eigenvalue weighted by molar-refractivity contribution is 0.0944. The molecular formula is C22H24N2O4S. The minimum absolute atomic E-state index is 0.190. The molecule has 0 saturated carbocycles. The summed E-state index contributed by atoms with van der Waals surface area (Å²) in [5.74, 6) is 2.02. The number of ether oxygens (including phenoxy) is 2. The van der Waals surface area contributed by atoms with Crippen LogP contribution in [0.2, 0.25) is 0 Å². The summed E-state index contributed by atoms with van der Waals surface area (Å²) < 4.78 is 16.8. The molecule has 2 heterocycles. The molecule has 0 unspecified atom stereocenters. The molecule has 0 fully saturated rings. The van der Waals surface area contributed by atoms with Crippen LogP contribution in [-0.2, 0) is 19.3 Å². The van der Waals surface area contributed by atoms with Gasteiger partial charge in [-0.2, -0.15) is 0 Å². The number of aromatic nitrogens is 1. The monoisotopic (exact) mass is 412 g/mol. The average Bonchev–Trinajstić information content (AvgIpc) is 3.36. The van der Waals surface area contributed by atoms with Gasteiger partial charge < -0.3 is 19.3 Å². The van der Waals surface area contributed by atoms with Crippen LogP contribution in [0, 0.1) is 0 Å². The van der Waals surface area contributed by atoms with Gasteiger partial charge in [-0.05, 0) is 62.3 Å². The second-order valence-corrected chi connectivity index (χ2v) is 7.75. The van der Waals surface area contributed by atoms with Crippen molar-refractivity contribution in [3.05, 3.63) is 51.3 Å². The van der Waals surface area contributed by atoms with E-state index in [4.69, 9.17) is 14.0 Å². The first kappa shape index (κ1) is 19.5. The van der Waals surface area contributed by atoms with E-state index in [2.05, 4.69) is 15.9 Å². The predicted molar refractivity (Wildman–Crippen MR) is 112 cm³/mol. The van der Waals surface area contributed by atoms with Crippen LogP contribution < -0.4 is 14.8 Å². The van der Waals surface area contributed by atoms with Gasteiger partial charge in [-0.1, -0.05) is 11.2 Å². The number of carbonyl (C=O) groups is 1. The van der Waals surface area contributed by atoms with Crippen molar-refractivity contribution in [3.63, 3.8) is 0 Å². The zero-order valence-electron chi connectivity index (χ0n) is 16.6. The van der Waals surface area contributed by atoms with Crippen molar-refractivity contribution in [1.82, 2.24) is 10.5 Å². The minimum atomic E-state index is -0.190. The van der Waals surface area contributed by atoms with Crippen LogP contribution >= 0.6 is 11.3 Å². The second-order valence-electron chi connectivity index (χ2n) is 6.75. The van der Waals surface area contributed by atoms with Gasteiger partial charge in [0.15, 0.2) is 23.0 Å². The first-order chi connectivity index (χ1) is 14.2. The topological polar surface area (TPSA) is 73.6 Å². The zero-order valence-corrected chi connectivity index (χ0v) is 17.4. The van der Waals surface area contributed by atoms with E-state index in [0.29, 0.717) is 31.9 Å². The third-order valence-electron chi connectivity index (χ3n) is 4.90. The highest BCUT2D eigenvalue weighted by molar-refractivity contribution is 7.10. The van der Waals surface area contributed by atoms with Crippen LogP contribution in [0.15, 0.2) is 34.2 Å². The number of nitrogens with zero attached hydrogens (tertiary/aromatic N) is 1. The lowest BCUT2D eigenvalue weighted by Crippen LogP contribution is -2.27. The van der Waals surface area contributed by atoms with Crippen molar-refractivity contribution in [1.29, 1.82) is 0 Å². The average molecular weight is 413 g/mol. The fourth-order valence-corrected chi connectivity index (χ4v) is 4.44. The number of rotatable bonds is 8. The molecular weight excluding hydrogens is 388 g/mol. The molecule has 6 nitrogen and oxygen atoms in total. The van der Waals surface area contributed by atoms with E-state index >= 15 is 0 Å². The molecule has 3 aromatic rings. The highest BCUT2D eigenvalue weighted by atomic mass is 32.1. The van der Waals surface area contributed by atoms with Gasteiger partial charge in [0.1, 0.15) is 0 Å². The molecule has 1 aliphatic carbocycles. The SMILES string of the molecule is CCOc1ccc(CCNC(=O)c2noc3c2CCc2sccc2-3)cc1OCC. The number of hydrogen-bond donors (Lipinski definition) is 1. The summed E-state index contributed by atoms with van der Waals surface area (Å²) >= 11 is 1.72. The normalized spacial score (nSPS) is 12.2. The zero-order chi connectivity index (χ0) is 20.2. The molecule has 1 amide bonds. The maximum atomic E-state index is 12.7. The number of fused-ring (bicyclic) bond motifs is 3. The summed E-state index contributed by atoms with van der Waals surface area (Å²) in [7, 11) is 0. The summed E-state index contributed by atoms with van der Waals surface area (Å²) in [5.41, 5.74) is 3.45. The molecule has 0 radical (unpaired) electrons.